The number of benzene rings is 3. The minimum atomic E-state index is -0.695. The minimum absolute atomic E-state index is 0.0452. The van der Waals surface area contributed by atoms with Crippen LogP contribution in [-0.2, 0) is 28.1 Å². The molecule has 2 heterocycles. The van der Waals surface area contributed by atoms with Crippen LogP contribution in [0.15, 0.2) is 78.9 Å². The second-order valence-electron chi connectivity index (χ2n) is 11.7. The summed E-state index contributed by atoms with van der Waals surface area (Å²) in [5.74, 6) is 0.872. The van der Waals surface area contributed by atoms with E-state index in [2.05, 4.69) is 15.2 Å². The first-order chi connectivity index (χ1) is 21.2. The third-order valence-electron chi connectivity index (χ3n) is 8.14. The highest BCUT2D eigenvalue weighted by molar-refractivity contribution is 5.79. The molecule has 1 aromatic heterocycles. The number of nitrogens with one attached hydrogen (secondary N) is 2. The van der Waals surface area contributed by atoms with Gasteiger partial charge in [0.1, 0.15) is 29.0 Å². The number of carbonyl (C=O) groups excluding carboxylic acids is 2. The van der Waals surface area contributed by atoms with Gasteiger partial charge in [-0.15, -0.1) is 0 Å². The molecular weight excluding hydrogens is 560 g/mol. The van der Waals surface area contributed by atoms with Crippen molar-refractivity contribution in [3.05, 3.63) is 102 Å². The normalized spacial score (nSPS) is 13.8. The number of imidazole rings is 1. The molecule has 0 spiro atoms. The van der Waals surface area contributed by atoms with Gasteiger partial charge in [0.25, 0.3) is 0 Å². The van der Waals surface area contributed by atoms with Gasteiger partial charge in [0.15, 0.2) is 0 Å². The number of rotatable bonds is 12. The highest BCUT2D eigenvalue weighted by Crippen LogP contribution is 2.40. The van der Waals surface area contributed by atoms with Crippen LogP contribution in [-0.4, -0.2) is 39.4 Å². The van der Waals surface area contributed by atoms with E-state index >= 15 is 0 Å². The Labute approximate surface area is 257 Å². The highest BCUT2D eigenvalue weighted by atomic mass is 19.1. The second kappa shape index (κ2) is 13.8. The van der Waals surface area contributed by atoms with Gasteiger partial charge in [0, 0.05) is 43.7 Å². The largest absolute Gasteiger partial charge is 0.356 e. The summed E-state index contributed by atoms with van der Waals surface area (Å²) in [6, 6.07) is 22.2. The van der Waals surface area contributed by atoms with Gasteiger partial charge in [-0.25, -0.2) is 13.8 Å². The van der Waals surface area contributed by atoms with E-state index in [0.717, 1.165) is 42.6 Å². The number of carbonyl (C=O) groups is 2. The zero-order chi connectivity index (χ0) is 31.1. The summed E-state index contributed by atoms with van der Waals surface area (Å²) in [5.41, 5.74) is 2.52. The van der Waals surface area contributed by atoms with Gasteiger partial charge in [-0.1, -0.05) is 36.8 Å². The van der Waals surface area contributed by atoms with Crippen LogP contribution in [0.1, 0.15) is 57.3 Å². The van der Waals surface area contributed by atoms with Crippen molar-refractivity contribution < 1.29 is 18.4 Å². The molecule has 1 aliphatic heterocycles. The number of aryl methyl sites for hydroxylation is 1. The average Bonchev–Trinajstić information content (AvgIpc) is 3.39. The molecule has 1 aliphatic rings. The molecule has 0 unspecified atom stereocenters. The first-order valence-electron chi connectivity index (χ1n) is 15.2. The SMILES string of the molecule is CC1(C)c2nc(-c3ccc(F)cc3)c(Nc3ccc(F)cc3)n2CCN1C(=O)CCCCCNC(=O)CCc1ccccc1. The quantitative estimate of drug-likeness (QED) is 0.173. The smallest absolute Gasteiger partial charge is 0.223 e. The van der Waals surface area contributed by atoms with Crippen molar-refractivity contribution in [1.82, 2.24) is 19.8 Å². The topological polar surface area (TPSA) is 79.3 Å². The van der Waals surface area contributed by atoms with Crippen LogP contribution in [0.25, 0.3) is 11.3 Å². The molecule has 0 atom stereocenters. The van der Waals surface area contributed by atoms with Crippen molar-refractivity contribution in [2.24, 2.45) is 0 Å². The third kappa shape index (κ3) is 7.33. The molecule has 0 saturated heterocycles. The molecule has 4 aromatic rings. The van der Waals surface area contributed by atoms with Gasteiger partial charge in [0.2, 0.25) is 11.8 Å². The van der Waals surface area contributed by atoms with Crippen molar-refractivity contribution in [3.8, 4) is 11.3 Å². The molecule has 230 valence electrons. The highest BCUT2D eigenvalue weighted by Gasteiger charge is 2.41. The van der Waals surface area contributed by atoms with E-state index in [1.165, 1.54) is 24.3 Å². The maximum atomic E-state index is 13.7. The fourth-order valence-corrected chi connectivity index (χ4v) is 5.71. The van der Waals surface area contributed by atoms with Crippen LogP contribution in [0.5, 0.6) is 0 Å². The number of hydrogen-bond acceptors (Lipinski definition) is 4. The van der Waals surface area contributed by atoms with Crippen LogP contribution < -0.4 is 10.6 Å². The summed E-state index contributed by atoms with van der Waals surface area (Å²) in [7, 11) is 0. The lowest BCUT2D eigenvalue weighted by atomic mass is 9.98. The minimum Gasteiger partial charge on any atom is -0.356 e. The van der Waals surface area contributed by atoms with Crippen LogP contribution in [0.3, 0.4) is 0 Å². The number of halogens is 2. The first kappa shape index (κ1) is 30.9. The average molecular weight is 600 g/mol. The van der Waals surface area contributed by atoms with Crippen LogP contribution >= 0.6 is 0 Å². The fourth-order valence-electron chi connectivity index (χ4n) is 5.71. The molecule has 0 fully saturated rings. The Balaban J connectivity index is 1.19. The summed E-state index contributed by atoms with van der Waals surface area (Å²) >= 11 is 0. The molecule has 3 aromatic carbocycles. The Morgan fingerprint density at radius 3 is 2.23 bits per heavy atom. The maximum absolute atomic E-state index is 13.7. The summed E-state index contributed by atoms with van der Waals surface area (Å²) in [5, 5.41) is 6.37. The predicted molar refractivity (Wildman–Crippen MR) is 168 cm³/mol. The van der Waals surface area contributed by atoms with Gasteiger partial charge < -0.3 is 20.1 Å². The molecule has 9 heteroatoms. The van der Waals surface area contributed by atoms with Crippen LogP contribution in [0, 0.1) is 11.6 Å². The molecule has 44 heavy (non-hydrogen) atoms. The molecule has 0 radical (unpaired) electrons. The summed E-state index contributed by atoms with van der Waals surface area (Å²) < 4.78 is 29.4. The summed E-state index contributed by atoms with van der Waals surface area (Å²) in [6.45, 7) is 5.61. The van der Waals surface area contributed by atoms with Crippen molar-refractivity contribution in [2.45, 2.75) is 64.5 Å². The Bertz CT molecular complexity index is 1570. The standard InChI is InChI=1S/C35H39F2N5O2/c1-35(2)34-40-32(26-13-15-27(36)16-14-26)33(39-29-19-17-28(37)18-20-29)41(34)23-24-42(35)31(44)11-7-4-8-22-38-30(43)21-12-25-9-5-3-6-10-25/h3,5-6,9-10,13-20,39H,4,7-8,11-12,21-24H2,1-2H3,(H,38,43). The molecule has 2 N–H and O–H groups in total. The number of unbranched alkanes of at least 4 members (excludes halogenated alkanes) is 2. The monoisotopic (exact) mass is 599 g/mol. The van der Waals surface area contributed by atoms with Gasteiger partial charge in [-0.05, 0) is 87.2 Å². The zero-order valence-corrected chi connectivity index (χ0v) is 25.3. The van der Waals surface area contributed by atoms with E-state index in [4.69, 9.17) is 4.98 Å². The Hall–Kier alpha value is -4.53. The number of aromatic nitrogens is 2. The van der Waals surface area contributed by atoms with Crippen LogP contribution in [0.2, 0.25) is 0 Å². The number of anilines is 2. The van der Waals surface area contributed by atoms with Gasteiger partial charge >= 0.3 is 0 Å². The number of fused-ring (bicyclic) bond motifs is 1. The number of nitrogens with zero attached hydrogens (tertiary/aromatic N) is 3. The molecular formula is C35H39F2N5O2. The van der Waals surface area contributed by atoms with E-state index < -0.39 is 5.54 Å². The maximum Gasteiger partial charge on any atom is 0.223 e. The van der Waals surface area contributed by atoms with Crippen molar-refractivity contribution in [2.75, 3.05) is 18.4 Å². The second-order valence-corrected chi connectivity index (χ2v) is 11.7. The summed E-state index contributed by atoms with van der Waals surface area (Å²) in [6.07, 6.45) is 3.99. The third-order valence-corrected chi connectivity index (χ3v) is 8.14. The number of amides is 2. The lowest BCUT2D eigenvalue weighted by molar-refractivity contribution is -0.139. The van der Waals surface area contributed by atoms with Gasteiger partial charge in [-0.3, -0.25) is 9.59 Å². The van der Waals surface area contributed by atoms with E-state index in [1.807, 2.05) is 49.1 Å². The lowest BCUT2D eigenvalue weighted by Crippen LogP contribution is -2.52. The Morgan fingerprint density at radius 2 is 1.52 bits per heavy atom. The number of hydrogen-bond donors (Lipinski definition) is 2. The van der Waals surface area contributed by atoms with Crippen molar-refractivity contribution in [3.63, 3.8) is 0 Å². The molecule has 7 nitrogen and oxygen atoms in total. The zero-order valence-electron chi connectivity index (χ0n) is 25.3. The summed E-state index contributed by atoms with van der Waals surface area (Å²) in [4.78, 5) is 32.5. The molecule has 0 saturated carbocycles. The van der Waals surface area contributed by atoms with E-state index in [9.17, 15) is 18.4 Å². The Kier molecular flexibility index (Phi) is 9.72. The van der Waals surface area contributed by atoms with Gasteiger partial charge in [0.05, 0.1) is 5.54 Å². The first-order valence-corrected chi connectivity index (χ1v) is 15.2. The van der Waals surface area contributed by atoms with Crippen molar-refractivity contribution in [1.29, 1.82) is 0 Å². The molecule has 0 aliphatic carbocycles. The molecule has 5 rings (SSSR count). The van der Waals surface area contributed by atoms with Crippen LogP contribution in [0.4, 0.5) is 20.3 Å². The fraction of sp³-hybridized carbons (Fsp3) is 0.343. The lowest BCUT2D eigenvalue weighted by Gasteiger charge is -2.42. The van der Waals surface area contributed by atoms with E-state index in [0.29, 0.717) is 49.7 Å². The molecule has 2 amide bonds. The Morgan fingerprint density at radius 1 is 0.841 bits per heavy atom. The van der Waals surface area contributed by atoms with Gasteiger partial charge in [-0.2, -0.15) is 0 Å². The molecule has 0 bridgehead atoms. The predicted octanol–water partition coefficient (Wildman–Crippen LogP) is 6.96. The van der Waals surface area contributed by atoms with Crippen molar-refractivity contribution >= 4 is 23.3 Å². The van der Waals surface area contributed by atoms with E-state index in [1.54, 1.807) is 24.3 Å². The van der Waals surface area contributed by atoms with E-state index in [-0.39, 0.29) is 23.4 Å².